The number of aryl methyl sites for hydroxylation is 1. The van der Waals surface area contributed by atoms with Gasteiger partial charge in [0.1, 0.15) is 0 Å². The van der Waals surface area contributed by atoms with E-state index in [9.17, 15) is 0 Å². The van der Waals surface area contributed by atoms with Crippen molar-refractivity contribution in [2.45, 2.75) is 13.5 Å². The van der Waals surface area contributed by atoms with E-state index in [-0.39, 0.29) is 12.0 Å². The third kappa shape index (κ3) is 3.04. The largest absolute Gasteiger partial charge is 0.467 e. The molecule has 0 aliphatic carbocycles. The zero-order chi connectivity index (χ0) is 13.0. The second kappa shape index (κ2) is 5.58. The van der Waals surface area contributed by atoms with Gasteiger partial charge in [-0.3, -0.25) is 0 Å². The van der Waals surface area contributed by atoms with E-state index in [0.717, 1.165) is 9.88 Å². The molecular weight excluding hydrogens is 254 g/mol. The van der Waals surface area contributed by atoms with E-state index in [1.807, 2.05) is 13.1 Å². The summed E-state index contributed by atoms with van der Waals surface area (Å²) in [5.74, 6) is 0.407. The molecule has 0 saturated carbocycles. The lowest BCUT2D eigenvalue weighted by atomic mass is 10.5. The monoisotopic (exact) mass is 267 g/mol. The summed E-state index contributed by atoms with van der Waals surface area (Å²) in [5, 5.41) is 4.10. The highest BCUT2D eigenvalue weighted by atomic mass is 32.1. The molecule has 2 heterocycles. The Hall–Kier alpha value is -1.96. The van der Waals surface area contributed by atoms with Crippen LogP contribution in [0.4, 0.5) is 5.95 Å². The molecule has 1 N–H and O–H groups in total. The average Bonchev–Trinajstić information content (AvgIpc) is 2.81. The summed E-state index contributed by atoms with van der Waals surface area (Å²) in [6.45, 7) is 2.56. The lowest BCUT2D eigenvalue weighted by Crippen LogP contribution is -2.06. The Morgan fingerprint density at radius 3 is 2.33 bits per heavy atom. The van der Waals surface area contributed by atoms with Crippen molar-refractivity contribution in [3.8, 4) is 12.0 Å². The summed E-state index contributed by atoms with van der Waals surface area (Å²) in [4.78, 5) is 17.3. The molecule has 0 unspecified atom stereocenters. The predicted molar refractivity (Wildman–Crippen MR) is 67.1 cm³/mol. The Morgan fingerprint density at radius 1 is 1.17 bits per heavy atom. The van der Waals surface area contributed by atoms with Crippen molar-refractivity contribution < 1.29 is 9.47 Å². The summed E-state index contributed by atoms with van der Waals surface area (Å²) in [6, 6.07) is 0.426. The highest BCUT2D eigenvalue weighted by Crippen LogP contribution is 2.15. The van der Waals surface area contributed by atoms with E-state index >= 15 is 0 Å². The molecule has 2 aromatic rings. The van der Waals surface area contributed by atoms with Crippen molar-refractivity contribution in [2.75, 3.05) is 19.5 Å². The van der Waals surface area contributed by atoms with Crippen molar-refractivity contribution in [1.29, 1.82) is 0 Å². The van der Waals surface area contributed by atoms with Gasteiger partial charge in [-0.25, -0.2) is 4.98 Å². The Kier molecular flexibility index (Phi) is 3.88. The van der Waals surface area contributed by atoms with Crippen LogP contribution in [0.5, 0.6) is 12.0 Å². The zero-order valence-corrected chi connectivity index (χ0v) is 11.1. The number of aromatic nitrogens is 4. The van der Waals surface area contributed by atoms with Crippen LogP contribution in [0.15, 0.2) is 6.20 Å². The predicted octanol–water partition coefficient (Wildman–Crippen LogP) is 1.27. The number of thiazole rings is 1. The molecule has 18 heavy (non-hydrogen) atoms. The Bertz CT molecular complexity index is 508. The highest BCUT2D eigenvalue weighted by molar-refractivity contribution is 7.11. The van der Waals surface area contributed by atoms with Gasteiger partial charge in [0.2, 0.25) is 5.95 Å². The summed E-state index contributed by atoms with van der Waals surface area (Å²) in [6.07, 6.45) is 1.82. The lowest BCUT2D eigenvalue weighted by Gasteiger charge is -2.06. The Labute approximate surface area is 108 Å². The maximum atomic E-state index is 4.96. The number of nitrogens with zero attached hydrogens (tertiary/aromatic N) is 4. The molecule has 0 aliphatic heterocycles. The van der Waals surface area contributed by atoms with Gasteiger partial charge < -0.3 is 14.8 Å². The van der Waals surface area contributed by atoms with Gasteiger partial charge in [-0.15, -0.1) is 16.3 Å². The highest BCUT2D eigenvalue weighted by Gasteiger charge is 2.07. The first-order valence-corrected chi connectivity index (χ1v) is 6.02. The lowest BCUT2D eigenvalue weighted by molar-refractivity contribution is 0.341. The van der Waals surface area contributed by atoms with Gasteiger partial charge in [0.15, 0.2) is 0 Å². The number of hydrogen-bond acceptors (Lipinski definition) is 8. The van der Waals surface area contributed by atoms with Crippen molar-refractivity contribution in [1.82, 2.24) is 19.9 Å². The number of ether oxygens (including phenoxy) is 2. The molecule has 0 atom stereocenters. The number of methoxy groups -OCH3 is 2. The minimum absolute atomic E-state index is 0.213. The molecule has 96 valence electrons. The summed E-state index contributed by atoms with van der Waals surface area (Å²) in [7, 11) is 2.98. The van der Waals surface area contributed by atoms with Crippen LogP contribution < -0.4 is 14.8 Å². The molecule has 0 spiro atoms. The third-order valence-corrected chi connectivity index (χ3v) is 2.96. The minimum Gasteiger partial charge on any atom is -0.467 e. The molecule has 0 saturated heterocycles. The molecule has 2 aromatic heterocycles. The van der Waals surface area contributed by atoms with Crippen LogP contribution in [0.25, 0.3) is 0 Å². The van der Waals surface area contributed by atoms with Gasteiger partial charge in [-0.1, -0.05) is 0 Å². The average molecular weight is 267 g/mol. The maximum Gasteiger partial charge on any atom is 0.324 e. The van der Waals surface area contributed by atoms with Gasteiger partial charge in [0, 0.05) is 11.1 Å². The zero-order valence-electron chi connectivity index (χ0n) is 10.3. The van der Waals surface area contributed by atoms with Crippen LogP contribution in [0, 0.1) is 6.92 Å². The first-order valence-electron chi connectivity index (χ1n) is 5.20. The van der Waals surface area contributed by atoms with E-state index in [1.54, 1.807) is 11.3 Å². The number of hydrogen-bond donors (Lipinski definition) is 1. The van der Waals surface area contributed by atoms with E-state index in [1.165, 1.54) is 14.2 Å². The van der Waals surface area contributed by atoms with Crippen LogP contribution in [-0.4, -0.2) is 34.2 Å². The third-order valence-electron chi connectivity index (χ3n) is 2.05. The van der Waals surface area contributed by atoms with E-state index in [4.69, 9.17) is 9.47 Å². The quantitative estimate of drug-likeness (QED) is 0.873. The molecule has 0 aromatic carbocycles. The molecular formula is C10H13N5O2S. The fourth-order valence-electron chi connectivity index (χ4n) is 1.25. The van der Waals surface area contributed by atoms with Gasteiger partial charge in [0.25, 0.3) is 0 Å². The first kappa shape index (κ1) is 12.5. The van der Waals surface area contributed by atoms with Crippen molar-refractivity contribution in [3.05, 3.63) is 16.1 Å². The van der Waals surface area contributed by atoms with Crippen molar-refractivity contribution in [3.63, 3.8) is 0 Å². The van der Waals surface area contributed by atoms with E-state index in [0.29, 0.717) is 12.5 Å². The molecule has 0 fully saturated rings. The first-order chi connectivity index (χ1) is 8.71. The van der Waals surface area contributed by atoms with E-state index in [2.05, 4.69) is 25.3 Å². The number of anilines is 1. The fraction of sp³-hybridized carbons (Fsp3) is 0.400. The van der Waals surface area contributed by atoms with Crippen LogP contribution in [0.3, 0.4) is 0 Å². The molecule has 0 bridgehead atoms. The van der Waals surface area contributed by atoms with Crippen molar-refractivity contribution in [2.24, 2.45) is 0 Å². The molecule has 0 amide bonds. The Balaban J connectivity index is 2.08. The van der Waals surface area contributed by atoms with Gasteiger partial charge >= 0.3 is 12.0 Å². The SMILES string of the molecule is COc1nc(NCc2cnc(C)s2)nc(OC)n1. The minimum atomic E-state index is 0.213. The summed E-state index contributed by atoms with van der Waals surface area (Å²) >= 11 is 1.62. The fourth-order valence-corrected chi connectivity index (χ4v) is 1.99. The van der Waals surface area contributed by atoms with Crippen LogP contribution in [0.2, 0.25) is 0 Å². The van der Waals surface area contributed by atoms with E-state index < -0.39 is 0 Å². The molecule has 0 aliphatic rings. The second-order valence-electron chi connectivity index (χ2n) is 3.33. The van der Waals surface area contributed by atoms with Gasteiger partial charge in [-0.2, -0.15) is 9.97 Å². The maximum absolute atomic E-state index is 4.96. The van der Waals surface area contributed by atoms with Crippen molar-refractivity contribution >= 4 is 17.3 Å². The standard InChI is InChI=1S/C10H13N5O2S/c1-6-11-4-7(18-6)5-12-8-13-9(16-2)15-10(14-8)17-3/h4H,5H2,1-3H3,(H,12,13,14,15). The number of rotatable bonds is 5. The summed E-state index contributed by atoms with van der Waals surface area (Å²) in [5.41, 5.74) is 0. The Morgan fingerprint density at radius 2 is 1.83 bits per heavy atom. The molecule has 2 rings (SSSR count). The van der Waals surface area contributed by atoms with Gasteiger partial charge in [0.05, 0.1) is 25.8 Å². The van der Waals surface area contributed by atoms with Crippen LogP contribution in [0.1, 0.15) is 9.88 Å². The smallest absolute Gasteiger partial charge is 0.324 e. The molecule has 0 radical (unpaired) electrons. The number of nitrogens with one attached hydrogen (secondary N) is 1. The van der Waals surface area contributed by atoms with Crippen LogP contribution in [-0.2, 0) is 6.54 Å². The molecule has 8 heteroatoms. The summed E-state index contributed by atoms with van der Waals surface area (Å²) < 4.78 is 9.92. The second-order valence-corrected chi connectivity index (χ2v) is 4.65. The van der Waals surface area contributed by atoms with Gasteiger partial charge in [-0.05, 0) is 6.92 Å². The van der Waals surface area contributed by atoms with Crippen LogP contribution >= 0.6 is 11.3 Å². The topological polar surface area (TPSA) is 82.0 Å². The normalized spacial score (nSPS) is 10.2. The molecule has 7 nitrogen and oxygen atoms in total.